The fourth-order valence-corrected chi connectivity index (χ4v) is 3.35. The number of hydrogen-bond donors (Lipinski definition) is 2. The van der Waals surface area contributed by atoms with E-state index in [0.717, 1.165) is 27.6 Å². The van der Waals surface area contributed by atoms with E-state index < -0.39 is 0 Å². The maximum Gasteiger partial charge on any atom is 0.320 e. The van der Waals surface area contributed by atoms with Crippen molar-refractivity contribution in [2.45, 2.75) is 6.54 Å². The van der Waals surface area contributed by atoms with E-state index in [2.05, 4.69) is 31.5 Å². The van der Waals surface area contributed by atoms with Crippen molar-refractivity contribution in [1.82, 2.24) is 20.3 Å². The molecule has 0 spiro atoms. The SMILES string of the molecule is C#Cc1nc(NC(=O)NCc2ccc(-c3cccc4ncncc34)cc2)cs1. The Kier molecular flexibility index (Phi) is 4.95. The molecule has 4 aromatic rings. The van der Waals surface area contributed by atoms with E-state index >= 15 is 0 Å². The van der Waals surface area contributed by atoms with Crippen LogP contribution in [0.5, 0.6) is 0 Å². The van der Waals surface area contributed by atoms with Crippen LogP contribution in [-0.2, 0) is 6.54 Å². The zero-order chi connectivity index (χ0) is 19.3. The Morgan fingerprint density at radius 1 is 1.18 bits per heavy atom. The van der Waals surface area contributed by atoms with E-state index in [9.17, 15) is 4.79 Å². The van der Waals surface area contributed by atoms with Gasteiger partial charge in [-0.1, -0.05) is 36.4 Å². The number of fused-ring (bicyclic) bond motifs is 1. The number of benzene rings is 2. The van der Waals surface area contributed by atoms with Gasteiger partial charge < -0.3 is 5.32 Å². The minimum Gasteiger partial charge on any atom is -0.334 e. The molecule has 2 aromatic heterocycles. The van der Waals surface area contributed by atoms with Gasteiger partial charge in [0.15, 0.2) is 5.01 Å². The lowest BCUT2D eigenvalue weighted by atomic mass is 10.0. The Morgan fingerprint density at radius 2 is 2.04 bits per heavy atom. The highest BCUT2D eigenvalue weighted by molar-refractivity contribution is 7.10. The third-order valence-corrected chi connectivity index (χ3v) is 4.91. The number of rotatable bonds is 4. The highest BCUT2D eigenvalue weighted by Crippen LogP contribution is 2.27. The second-order valence-corrected chi connectivity index (χ2v) is 6.81. The number of nitrogens with zero attached hydrogens (tertiary/aromatic N) is 3. The van der Waals surface area contributed by atoms with Gasteiger partial charge in [-0.25, -0.2) is 19.7 Å². The molecule has 0 atom stereocenters. The molecular formula is C21H15N5OS. The van der Waals surface area contributed by atoms with Crippen LogP contribution >= 0.6 is 11.3 Å². The average molecular weight is 385 g/mol. The topological polar surface area (TPSA) is 79.8 Å². The summed E-state index contributed by atoms with van der Waals surface area (Å²) in [5, 5.41) is 8.71. The van der Waals surface area contributed by atoms with Crippen LogP contribution in [0.2, 0.25) is 0 Å². The van der Waals surface area contributed by atoms with Gasteiger partial charge in [0.25, 0.3) is 0 Å². The second-order valence-electron chi connectivity index (χ2n) is 5.95. The molecular weight excluding hydrogens is 370 g/mol. The van der Waals surface area contributed by atoms with Crippen LogP contribution in [0.1, 0.15) is 10.6 Å². The summed E-state index contributed by atoms with van der Waals surface area (Å²) >= 11 is 1.31. The first kappa shape index (κ1) is 17.6. The highest BCUT2D eigenvalue weighted by Gasteiger charge is 2.07. The van der Waals surface area contributed by atoms with Crippen molar-refractivity contribution in [3.05, 3.63) is 70.9 Å². The van der Waals surface area contributed by atoms with Crippen LogP contribution in [0.25, 0.3) is 22.0 Å². The fourth-order valence-electron chi connectivity index (χ4n) is 2.80. The van der Waals surface area contributed by atoms with Crippen molar-refractivity contribution >= 4 is 34.1 Å². The molecule has 0 aliphatic carbocycles. The number of thiazole rings is 1. The standard InChI is InChI=1S/C21H15N5OS/c1-2-20-25-19(12-28-20)26-21(27)23-10-14-6-8-15(9-7-14)16-4-3-5-18-17(16)11-22-13-24-18/h1,3-9,11-13H,10H2,(H2,23,26,27). The van der Waals surface area contributed by atoms with Crippen LogP contribution in [0.3, 0.4) is 0 Å². The van der Waals surface area contributed by atoms with Gasteiger partial charge in [-0.05, 0) is 28.7 Å². The molecule has 2 amide bonds. The normalized spacial score (nSPS) is 10.4. The Morgan fingerprint density at radius 3 is 2.82 bits per heavy atom. The van der Waals surface area contributed by atoms with Crippen LogP contribution in [-0.4, -0.2) is 21.0 Å². The van der Waals surface area contributed by atoms with Crippen molar-refractivity contribution in [3.63, 3.8) is 0 Å². The summed E-state index contributed by atoms with van der Waals surface area (Å²) in [5.41, 5.74) is 4.03. The molecule has 28 heavy (non-hydrogen) atoms. The van der Waals surface area contributed by atoms with Gasteiger partial charge in [-0.15, -0.1) is 17.8 Å². The minimum absolute atomic E-state index is 0.329. The number of amides is 2. The lowest BCUT2D eigenvalue weighted by molar-refractivity contribution is 0.251. The maximum absolute atomic E-state index is 12.0. The molecule has 4 rings (SSSR count). The molecule has 0 saturated heterocycles. The minimum atomic E-state index is -0.329. The van der Waals surface area contributed by atoms with Gasteiger partial charge >= 0.3 is 6.03 Å². The zero-order valence-corrected chi connectivity index (χ0v) is 15.5. The first-order valence-corrected chi connectivity index (χ1v) is 9.36. The van der Waals surface area contributed by atoms with Crippen LogP contribution in [0.4, 0.5) is 10.6 Å². The van der Waals surface area contributed by atoms with E-state index in [-0.39, 0.29) is 6.03 Å². The van der Waals surface area contributed by atoms with Gasteiger partial charge in [0.05, 0.1) is 5.52 Å². The molecule has 6 nitrogen and oxygen atoms in total. The molecule has 136 valence electrons. The number of terminal acetylenes is 1. The third kappa shape index (κ3) is 3.82. The van der Waals surface area contributed by atoms with E-state index in [1.165, 1.54) is 11.3 Å². The quantitative estimate of drug-likeness (QED) is 0.519. The lowest BCUT2D eigenvalue weighted by Crippen LogP contribution is -2.28. The Hall–Kier alpha value is -3.76. The molecule has 2 heterocycles. The predicted molar refractivity (Wildman–Crippen MR) is 111 cm³/mol. The maximum atomic E-state index is 12.0. The zero-order valence-electron chi connectivity index (χ0n) is 14.7. The van der Waals surface area contributed by atoms with Crippen molar-refractivity contribution in [2.75, 3.05) is 5.32 Å². The van der Waals surface area contributed by atoms with Gasteiger partial charge in [0, 0.05) is 23.5 Å². The molecule has 0 saturated carbocycles. The van der Waals surface area contributed by atoms with Gasteiger partial charge in [0.1, 0.15) is 12.1 Å². The van der Waals surface area contributed by atoms with Crippen LogP contribution in [0.15, 0.2) is 60.4 Å². The molecule has 0 fully saturated rings. The van der Waals surface area contributed by atoms with E-state index in [4.69, 9.17) is 6.42 Å². The van der Waals surface area contributed by atoms with Crippen molar-refractivity contribution < 1.29 is 4.79 Å². The molecule has 7 heteroatoms. The fraction of sp³-hybridized carbons (Fsp3) is 0.0476. The monoisotopic (exact) mass is 385 g/mol. The smallest absolute Gasteiger partial charge is 0.320 e. The molecule has 0 aliphatic heterocycles. The second kappa shape index (κ2) is 7.86. The molecule has 0 bridgehead atoms. The largest absolute Gasteiger partial charge is 0.334 e. The molecule has 2 aromatic carbocycles. The molecule has 0 unspecified atom stereocenters. The van der Waals surface area contributed by atoms with Crippen molar-refractivity contribution in [1.29, 1.82) is 0 Å². The van der Waals surface area contributed by atoms with Gasteiger partial charge in [-0.3, -0.25) is 5.32 Å². The summed E-state index contributed by atoms with van der Waals surface area (Å²) in [4.78, 5) is 24.5. The number of urea groups is 1. The number of carbonyl (C=O) groups is 1. The summed E-state index contributed by atoms with van der Waals surface area (Å²) in [6, 6.07) is 13.7. The van der Waals surface area contributed by atoms with Gasteiger partial charge in [-0.2, -0.15) is 0 Å². The predicted octanol–water partition coefficient (Wildman–Crippen LogP) is 4.06. The summed E-state index contributed by atoms with van der Waals surface area (Å²) in [6.07, 6.45) is 8.64. The average Bonchev–Trinajstić information content (AvgIpc) is 3.20. The number of anilines is 1. The summed E-state index contributed by atoms with van der Waals surface area (Å²) in [6.45, 7) is 0.400. The molecule has 0 aliphatic rings. The number of carbonyl (C=O) groups excluding carboxylic acids is 1. The number of hydrogen-bond acceptors (Lipinski definition) is 5. The highest BCUT2D eigenvalue weighted by atomic mass is 32.1. The van der Waals surface area contributed by atoms with Crippen LogP contribution < -0.4 is 10.6 Å². The Bertz CT molecular complexity index is 1170. The van der Waals surface area contributed by atoms with Crippen molar-refractivity contribution in [2.24, 2.45) is 0 Å². The van der Waals surface area contributed by atoms with Crippen molar-refractivity contribution in [3.8, 4) is 23.5 Å². The van der Waals surface area contributed by atoms with E-state index in [1.807, 2.05) is 48.7 Å². The summed E-state index contributed by atoms with van der Waals surface area (Å²) in [7, 11) is 0. The Labute approximate surface area is 165 Å². The number of aromatic nitrogens is 3. The first-order chi connectivity index (χ1) is 13.7. The van der Waals surface area contributed by atoms with E-state index in [1.54, 1.807) is 11.7 Å². The summed E-state index contributed by atoms with van der Waals surface area (Å²) < 4.78 is 0. The summed E-state index contributed by atoms with van der Waals surface area (Å²) in [5.74, 6) is 2.88. The molecule has 2 N–H and O–H groups in total. The third-order valence-electron chi connectivity index (χ3n) is 4.14. The Balaban J connectivity index is 1.42. The molecule has 0 radical (unpaired) electrons. The van der Waals surface area contributed by atoms with E-state index in [0.29, 0.717) is 17.4 Å². The lowest BCUT2D eigenvalue weighted by Gasteiger charge is -2.08. The first-order valence-electron chi connectivity index (χ1n) is 8.48. The van der Waals surface area contributed by atoms with Crippen LogP contribution in [0, 0.1) is 12.3 Å². The number of nitrogens with one attached hydrogen (secondary N) is 2. The van der Waals surface area contributed by atoms with Gasteiger partial charge in [0.2, 0.25) is 0 Å².